The number of hydrogen-bond donors (Lipinski definition) is 2. The number of rotatable bonds is 5. The number of halogens is 2. The van der Waals surface area contributed by atoms with Crippen LogP contribution in [0.1, 0.15) is 46.6 Å². The fraction of sp³-hybridized carbons (Fsp3) is 0.286. The van der Waals surface area contributed by atoms with Crippen molar-refractivity contribution in [1.82, 2.24) is 10.3 Å². The van der Waals surface area contributed by atoms with Crippen LogP contribution in [0.25, 0.3) is 10.8 Å². The molecule has 2 amide bonds. The normalized spacial score (nSPS) is 11.5. The van der Waals surface area contributed by atoms with Gasteiger partial charge in [0.15, 0.2) is 0 Å². The third-order valence-corrected chi connectivity index (χ3v) is 6.39. The molecule has 1 aromatic carbocycles. The Morgan fingerprint density at radius 1 is 1.23 bits per heavy atom. The molecule has 0 aliphatic heterocycles. The van der Waals surface area contributed by atoms with E-state index in [0.717, 1.165) is 21.5 Å². The molecule has 0 atom stereocenters. The first kappa shape index (κ1) is 22.3. The fourth-order valence-corrected chi connectivity index (χ4v) is 4.37. The number of aromatic nitrogens is 1. The third kappa shape index (κ3) is 5.03. The summed E-state index contributed by atoms with van der Waals surface area (Å²) in [6, 6.07) is 9.11. The maximum atomic E-state index is 12.4. The average Bonchev–Trinajstić information content (AvgIpc) is 3.05. The van der Waals surface area contributed by atoms with Gasteiger partial charge in [0.1, 0.15) is 0 Å². The van der Waals surface area contributed by atoms with Gasteiger partial charge in [-0.3, -0.25) is 4.79 Å². The highest BCUT2D eigenvalue weighted by Crippen LogP contribution is 2.31. The summed E-state index contributed by atoms with van der Waals surface area (Å²) in [4.78, 5) is 29.5. The number of hydrogen-bond acceptors (Lipinski definition) is 5. The molecule has 0 radical (unpaired) electrons. The largest absolute Gasteiger partial charge is 0.411 e. The van der Waals surface area contributed by atoms with Gasteiger partial charge < -0.3 is 15.8 Å². The highest BCUT2D eigenvalue weighted by molar-refractivity contribution is 7.14. The minimum absolute atomic E-state index is 0.169. The van der Waals surface area contributed by atoms with E-state index in [-0.39, 0.29) is 23.1 Å². The molecule has 3 N–H and O–H groups in total. The molecular weight excluding hydrogens is 445 g/mol. The molecule has 0 spiro atoms. The Morgan fingerprint density at radius 2 is 1.97 bits per heavy atom. The molecule has 9 heteroatoms. The van der Waals surface area contributed by atoms with Crippen LogP contribution in [-0.4, -0.2) is 17.0 Å². The van der Waals surface area contributed by atoms with Gasteiger partial charge >= 0.3 is 6.09 Å². The van der Waals surface area contributed by atoms with Crippen LogP contribution in [0.15, 0.2) is 30.3 Å². The molecule has 0 aliphatic rings. The molecule has 0 unspecified atom stereocenters. The number of fused-ring (bicyclic) bond motifs is 1. The van der Waals surface area contributed by atoms with Crippen molar-refractivity contribution >= 4 is 57.3 Å². The zero-order valence-corrected chi connectivity index (χ0v) is 19.0. The summed E-state index contributed by atoms with van der Waals surface area (Å²) in [6.45, 7) is 6.36. The van der Waals surface area contributed by atoms with Gasteiger partial charge in [0.25, 0.3) is 5.91 Å². The van der Waals surface area contributed by atoms with E-state index in [1.807, 2.05) is 39.0 Å². The molecule has 158 valence electrons. The number of nitrogens with zero attached hydrogens (tertiary/aromatic N) is 1. The van der Waals surface area contributed by atoms with Gasteiger partial charge in [-0.25, -0.2) is 9.78 Å². The number of carbonyl (C=O) groups excluding carboxylic acids is 2. The molecular formula is C21H21Cl2N3O3S. The van der Waals surface area contributed by atoms with Gasteiger partial charge in [0.2, 0.25) is 5.88 Å². The highest BCUT2D eigenvalue weighted by Gasteiger charge is 2.20. The zero-order valence-electron chi connectivity index (χ0n) is 16.7. The summed E-state index contributed by atoms with van der Waals surface area (Å²) in [5, 5.41) is 4.88. The van der Waals surface area contributed by atoms with Gasteiger partial charge in [-0.1, -0.05) is 38.4 Å². The lowest BCUT2D eigenvalue weighted by molar-refractivity contribution is 0.0955. The van der Waals surface area contributed by atoms with Crippen LogP contribution in [0, 0.1) is 0 Å². The van der Waals surface area contributed by atoms with Crippen molar-refractivity contribution in [2.24, 2.45) is 5.73 Å². The summed E-state index contributed by atoms with van der Waals surface area (Å²) in [6.07, 6.45) is -0.919. The third-order valence-electron chi connectivity index (χ3n) is 4.38. The monoisotopic (exact) mass is 465 g/mol. The molecule has 0 bridgehead atoms. The number of primary amides is 1. The maximum absolute atomic E-state index is 12.4. The quantitative estimate of drug-likeness (QED) is 0.494. The Labute approximate surface area is 188 Å². The van der Waals surface area contributed by atoms with Crippen molar-refractivity contribution in [3.63, 3.8) is 0 Å². The van der Waals surface area contributed by atoms with Crippen molar-refractivity contribution in [2.75, 3.05) is 0 Å². The number of ether oxygens (including phenoxy) is 1. The van der Waals surface area contributed by atoms with Gasteiger partial charge in [-0.15, -0.1) is 22.9 Å². The molecule has 6 nitrogen and oxygen atoms in total. The average molecular weight is 466 g/mol. The fourth-order valence-electron chi connectivity index (χ4n) is 2.82. The number of amides is 2. The predicted octanol–water partition coefficient (Wildman–Crippen LogP) is 5.37. The summed E-state index contributed by atoms with van der Waals surface area (Å²) in [5.41, 5.74) is 6.58. The summed E-state index contributed by atoms with van der Waals surface area (Å²) >= 11 is 13.2. The van der Waals surface area contributed by atoms with E-state index >= 15 is 0 Å². The van der Waals surface area contributed by atoms with Crippen molar-refractivity contribution in [3.8, 4) is 5.88 Å². The van der Waals surface area contributed by atoms with Crippen LogP contribution >= 0.6 is 34.5 Å². The number of pyridine rings is 1. The van der Waals surface area contributed by atoms with Crippen molar-refractivity contribution < 1.29 is 14.3 Å². The molecule has 30 heavy (non-hydrogen) atoms. The molecule has 3 rings (SSSR count). The van der Waals surface area contributed by atoms with Crippen LogP contribution in [0.4, 0.5) is 4.79 Å². The number of benzene rings is 1. The Kier molecular flexibility index (Phi) is 6.55. The van der Waals surface area contributed by atoms with Gasteiger partial charge in [-0.2, -0.15) is 0 Å². The van der Waals surface area contributed by atoms with Crippen molar-refractivity contribution in [1.29, 1.82) is 0 Å². The summed E-state index contributed by atoms with van der Waals surface area (Å²) in [7, 11) is 0. The molecule has 2 aromatic heterocycles. The first-order valence-electron chi connectivity index (χ1n) is 9.12. The minimum atomic E-state index is -0.919. The number of nitrogens with two attached hydrogens (primary N) is 1. The lowest BCUT2D eigenvalue weighted by Crippen LogP contribution is -2.22. The van der Waals surface area contributed by atoms with Gasteiger partial charge in [0, 0.05) is 22.2 Å². The second-order valence-corrected chi connectivity index (χ2v) is 9.55. The summed E-state index contributed by atoms with van der Waals surface area (Å²) in [5.74, 6) is 0.213. The number of carbonyl (C=O) groups is 2. The topological polar surface area (TPSA) is 94.3 Å². The molecule has 0 saturated heterocycles. The Balaban J connectivity index is 1.88. The van der Waals surface area contributed by atoms with Crippen LogP contribution in [0.5, 0.6) is 5.88 Å². The number of alkyl halides is 1. The standard InChI is InChI=1S/C21H21Cl2N3O3S/c1-21(2,3)17-7-12-6-11(4-5-13(12)19(26-17)29-20(24)28)10-25-18(27)15-8-14(23)16(9-22)30-15/h4-8H,9-10H2,1-3H3,(H2,24,28)(H,25,27). The van der Waals surface area contributed by atoms with Gasteiger partial charge in [-0.05, 0) is 35.2 Å². The SMILES string of the molecule is CC(C)(C)c1cc2cc(CNC(=O)c3cc(Cl)c(CCl)s3)ccc2c(OC(N)=O)n1. The van der Waals surface area contributed by atoms with E-state index < -0.39 is 6.09 Å². The Bertz CT molecular complexity index is 1120. The van der Waals surface area contributed by atoms with E-state index in [1.165, 1.54) is 11.3 Å². The molecule has 0 saturated carbocycles. The van der Waals surface area contributed by atoms with E-state index in [9.17, 15) is 9.59 Å². The minimum Gasteiger partial charge on any atom is -0.391 e. The second kappa shape index (κ2) is 8.79. The smallest absolute Gasteiger partial charge is 0.391 e. The van der Waals surface area contributed by atoms with E-state index in [0.29, 0.717) is 21.8 Å². The Hall–Kier alpha value is -2.35. The maximum Gasteiger partial charge on any atom is 0.411 e. The second-order valence-electron chi connectivity index (χ2n) is 7.74. The molecule has 3 aromatic rings. The molecule has 0 fully saturated rings. The number of thiophene rings is 1. The lowest BCUT2D eigenvalue weighted by atomic mass is 9.90. The van der Waals surface area contributed by atoms with Crippen molar-refractivity contribution in [2.45, 2.75) is 38.6 Å². The highest BCUT2D eigenvalue weighted by atomic mass is 35.5. The van der Waals surface area contributed by atoms with Crippen LogP contribution < -0.4 is 15.8 Å². The van der Waals surface area contributed by atoms with Crippen LogP contribution in [0.2, 0.25) is 5.02 Å². The first-order valence-corrected chi connectivity index (χ1v) is 10.8. The lowest BCUT2D eigenvalue weighted by Gasteiger charge is -2.19. The molecule has 0 aliphatic carbocycles. The molecule has 2 heterocycles. The van der Waals surface area contributed by atoms with Crippen LogP contribution in [-0.2, 0) is 17.8 Å². The predicted molar refractivity (Wildman–Crippen MR) is 121 cm³/mol. The van der Waals surface area contributed by atoms with Crippen molar-refractivity contribution in [3.05, 3.63) is 56.4 Å². The summed E-state index contributed by atoms with van der Waals surface area (Å²) < 4.78 is 5.12. The zero-order chi connectivity index (χ0) is 22.1. The van der Waals surface area contributed by atoms with Gasteiger partial charge in [0.05, 0.1) is 21.5 Å². The van der Waals surface area contributed by atoms with E-state index in [2.05, 4.69) is 10.3 Å². The van der Waals surface area contributed by atoms with E-state index in [4.69, 9.17) is 33.7 Å². The number of nitrogens with one attached hydrogen (secondary N) is 1. The Morgan fingerprint density at radius 3 is 2.57 bits per heavy atom. The first-order chi connectivity index (χ1) is 14.1. The van der Waals surface area contributed by atoms with E-state index in [1.54, 1.807) is 12.1 Å². The van der Waals surface area contributed by atoms with Crippen LogP contribution in [0.3, 0.4) is 0 Å².